The van der Waals surface area contributed by atoms with Gasteiger partial charge in [0.15, 0.2) is 6.29 Å². The summed E-state index contributed by atoms with van der Waals surface area (Å²) in [7, 11) is 0. The lowest BCUT2D eigenvalue weighted by Crippen LogP contribution is -2.50. The molecular formula is C15H17Cl2NO3. The minimum absolute atomic E-state index is 0.0248. The average molecular weight is 330 g/mol. The standard InChI is InChI=1S/C15H17Cl2NO3/c16-11-5-4-10(9-12(11)17)14(19)18-6-2-1-3-13(18)15-20-7-8-21-15/h4-5,9,13,15H,1-3,6-8H2/t13-/m0/s1. The molecule has 1 aromatic rings. The third-order valence-electron chi connectivity index (χ3n) is 3.94. The fourth-order valence-electron chi connectivity index (χ4n) is 2.89. The number of carbonyl (C=O) groups is 1. The number of rotatable bonds is 2. The minimum atomic E-state index is -0.308. The first-order valence-electron chi connectivity index (χ1n) is 7.16. The van der Waals surface area contributed by atoms with Crippen molar-refractivity contribution in [2.45, 2.75) is 31.6 Å². The Morgan fingerprint density at radius 1 is 1.14 bits per heavy atom. The van der Waals surface area contributed by atoms with Crippen molar-refractivity contribution < 1.29 is 14.3 Å². The van der Waals surface area contributed by atoms with Gasteiger partial charge < -0.3 is 14.4 Å². The minimum Gasteiger partial charge on any atom is -0.348 e. The van der Waals surface area contributed by atoms with E-state index in [1.165, 1.54) is 0 Å². The van der Waals surface area contributed by atoms with Crippen molar-refractivity contribution in [3.63, 3.8) is 0 Å². The number of amides is 1. The van der Waals surface area contributed by atoms with Crippen LogP contribution in [0.5, 0.6) is 0 Å². The summed E-state index contributed by atoms with van der Waals surface area (Å²) in [5.41, 5.74) is 0.550. The number of halogens is 2. The van der Waals surface area contributed by atoms with Crippen LogP contribution in [0.2, 0.25) is 10.0 Å². The van der Waals surface area contributed by atoms with E-state index in [4.69, 9.17) is 32.7 Å². The van der Waals surface area contributed by atoms with Gasteiger partial charge in [0.1, 0.15) is 0 Å². The molecule has 0 radical (unpaired) electrons. The predicted octanol–water partition coefficient (Wildman–Crippen LogP) is 3.36. The van der Waals surface area contributed by atoms with Gasteiger partial charge in [-0.05, 0) is 37.5 Å². The van der Waals surface area contributed by atoms with E-state index >= 15 is 0 Å². The maximum atomic E-state index is 12.7. The van der Waals surface area contributed by atoms with Crippen molar-refractivity contribution in [1.82, 2.24) is 4.90 Å². The number of ether oxygens (including phenoxy) is 2. The first-order chi connectivity index (χ1) is 10.2. The summed E-state index contributed by atoms with van der Waals surface area (Å²) in [5.74, 6) is -0.0441. The number of likely N-dealkylation sites (tertiary alicyclic amines) is 1. The van der Waals surface area contributed by atoms with Gasteiger partial charge in [-0.25, -0.2) is 0 Å². The van der Waals surface area contributed by atoms with Crippen molar-refractivity contribution in [2.75, 3.05) is 19.8 Å². The van der Waals surface area contributed by atoms with Crippen molar-refractivity contribution in [2.24, 2.45) is 0 Å². The number of hydrogen-bond donors (Lipinski definition) is 0. The molecule has 2 saturated heterocycles. The summed E-state index contributed by atoms with van der Waals surface area (Å²) < 4.78 is 11.2. The molecule has 4 nitrogen and oxygen atoms in total. The van der Waals surface area contributed by atoms with Crippen molar-refractivity contribution in [1.29, 1.82) is 0 Å². The monoisotopic (exact) mass is 329 g/mol. The van der Waals surface area contributed by atoms with E-state index in [9.17, 15) is 4.79 Å². The molecule has 1 atom stereocenters. The zero-order chi connectivity index (χ0) is 14.8. The molecule has 0 unspecified atom stereocenters. The van der Waals surface area contributed by atoms with Gasteiger partial charge in [0, 0.05) is 12.1 Å². The molecule has 0 bridgehead atoms. The molecule has 114 valence electrons. The second-order valence-electron chi connectivity index (χ2n) is 5.30. The van der Waals surface area contributed by atoms with Gasteiger partial charge in [0.2, 0.25) is 0 Å². The first-order valence-corrected chi connectivity index (χ1v) is 7.91. The van der Waals surface area contributed by atoms with Gasteiger partial charge in [-0.2, -0.15) is 0 Å². The van der Waals surface area contributed by atoms with Crippen LogP contribution in [0, 0.1) is 0 Å². The highest BCUT2D eigenvalue weighted by Crippen LogP contribution is 2.28. The van der Waals surface area contributed by atoms with E-state index in [2.05, 4.69) is 0 Å². The van der Waals surface area contributed by atoms with Gasteiger partial charge in [-0.3, -0.25) is 4.79 Å². The van der Waals surface area contributed by atoms with Crippen LogP contribution in [-0.4, -0.2) is 42.9 Å². The third-order valence-corrected chi connectivity index (χ3v) is 4.68. The van der Waals surface area contributed by atoms with Crippen LogP contribution in [-0.2, 0) is 9.47 Å². The zero-order valence-corrected chi connectivity index (χ0v) is 13.1. The Labute approximate surface area is 133 Å². The van der Waals surface area contributed by atoms with E-state index in [-0.39, 0.29) is 18.2 Å². The SMILES string of the molecule is O=C(c1ccc(Cl)c(Cl)c1)N1CCCC[C@H]1C1OCCO1. The molecule has 21 heavy (non-hydrogen) atoms. The first kappa shape index (κ1) is 15.1. The van der Waals surface area contributed by atoms with Crippen LogP contribution in [0.15, 0.2) is 18.2 Å². The number of piperidine rings is 1. The molecule has 3 rings (SSSR count). The van der Waals surface area contributed by atoms with E-state index in [1.54, 1.807) is 18.2 Å². The van der Waals surface area contributed by atoms with Crippen molar-refractivity contribution >= 4 is 29.1 Å². The smallest absolute Gasteiger partial charge is 0.254 e. The quantitative estimate of drug-likeness (QED) is 0.835. The number of benzene rings is 1. The van der Waals surface area contributed by atoms with Gasteiger partial charge in [-0.1, -0.05) is 23.2 Å². The highest BCUT2D eigenvalue weighted by atomic mass is 35.5. The highest BCUT2D eigenvalue weighted by molar-refractivity contribution is 6.42. The van der Waals surface area contributed by atoms with Crippen molar-refractivity contribution in [3.8, 4) is 0 Å². The molecule has 0 aromatic heterocycles. The summed E-state index contributed by atoms with van der Waals surface area (Å²) in [6.07, 6.45) is 2.67. The Morgan fingerprint density at radius 3 is 2.62 bits per heavy atom. The Balaban J connectivity index is 1.81. The summed E-state index contributed by atoms with van der Waals surface area (Å²) in [4.78, 5) is 14.6. The molecule has 2 aliphatic heterocycles. The molecule has 1 aromatic carbocycles. The second-order valence-corrected chi connectivity index (χ2v) is 6.11. The van der Waals surface area contributed by atoms with Crippen molar-refractivity contribution in [3.05, 3.63) is 33.8 Å². The van der Waals surface area contributed by atoms with E-state index in [0.29, 0.717) is 35.4 Å². The molecular weight excluding hydrogens is 313 g/mol. The van der Waals surface area contributed by atoms with Gasteiger partial charge in [0.05, 0.1) is 29.3 Å². The predicted molar refractivity (Wildman–Crippen MR) is 80.8 cm³/mol. The van der Waals surface area contributed by atoms with Crippen LogP contribution >= 0.6 is 23.2 Å². The van der Waals surface area contributed by atoms with E-state index in [1.807, 2.05) is 4.90 Å². The molecule has 2 heterocycles. The van der Waals surface area contributed by atoms with Crippen LogP contribution in [0.3, 0.4) is 0 Å². The van der Waals surface area contributed by atoms with E-state index in [0.717, 1.165) is 19.3 Å². The summed E-state index contributed by atoms with van der Waals surface area (Å²) in [6.45, 7) is 1.90. The fourth-order valence-corrected chi connectivity index (χ4v) is 3.18. The zero-order valence-electron chi connectivity index (χ0n) is 11.6. The highest BCUT2D eigenvalue weighted by Gasteiger charge is 2.36. The summed E-state index contributed by atoms with van der Waals surface area (Å²) in [5, 5.41) is 0.843. The lowest BCUT2D eigenvalue weighted by Gasteiger charge is -2.38. The Morgan fingerprint density at radius 2 is 1.90 bits per heavy atom. The second kappa shape index (κ2) is 6.53. The molecule has 0 spiro atoms. The molecule has 1 amide bonds. The van der Waals surface area contributed by atoms with Crippen LogP contribution in [0.4, 0.5) is 0 Å². The lowest BCUT2D eigenvalue weighted by molar-refractivity contribution is -0.100. The van der Waals surface area contributed by atoms with E-state index < -0.39 is 0 Å². The maximum Gasteiger partial charge on any atom is 0.254 e. The van der Waals surface area contributed by atoms with Gasteiger partial charge >= 0.3 is 0 Å². The molecule has 0 saturated carbocycles. The fraction of sp³-hybridized carbons (Fsp3) is 0.533. The van der Waals surface area contributed by atoms with Gasteiger partial charge in [-0.15, -0.1) is 0 Å². The molecule has 0 aliphatic carbocycles. The Hall–Kier alpha value is -0.810. The summed E-state index contributed by atoms with van der Waals surface area (Å²) in [6, 6.07) is 4.95. The molecule has 2 aliphatic rings. The average Bonchev–Trinajstić information content (AvgIpc) is 3.03. The Bertz CT molecular complexity index is 532. The third kappa shape index (κ3) is 3.19. The Kier molecular flexibility index (Phi) is 4.69. The molecule has 2 fully saturated rings. The normalized spacial score (nSPS) is 23.5. The number of hydrogen-bond acceptors (Lipinski definition) is 3. The lowest BCUT2D eigenvalue weighted by atomic mass is 10.00. The van der Waals surface area contributed by atoms with Gasteiger partial charge in [0.25, 0.3) is 5.91 Å². The molecule has 0 N–H and O–H groups in total. The largest absolute Gasteiger partial charge is 0.348 e. The van der Waals surface area contributed by atoms with Crippen LogP contribution in [0.25, 0.3) is 0 Å². The summed E-state index contributed by atoms with van der Waals surface area (Å²) >= 11 is 11.9. The van der Waals surface area contributed by atoms with Crippen LogP contribution in [0.1, 0.15) is 29.6 Å². The van der Waals surface area contributed by atoms with Crippen LogP contribution < -0.4 is 0 Å². The maximum absolute atomic E-state index is 12.7. The number of carbonyl (C=O) groups excluding carboxylic acids is 1. The molecule has 6 heteroatoms. The topological polar surface area (TPSA) is 38.8 Å². The number of nitrogens with zero attached hydrogens (tertiary/aromatic N) is 1.